The standard InChI is InChI=1S/C11H24N2O/c1-9(2)13-5-4-12-7-11-6-10(3)14-8-11/h9-13H,4-8H2,1-3H3. The first-order chi connectivity index (χ1) is 6.68. The van der Waals surface area contributed by atoms with Gasteiger partial charge in [-0.15, -0.1) is 0 Å². The summed E-state index contributed by atoms with van der Waals surface area (Å²) in [7, 11) is 0. The van der Waals surface area contributed by atoms with Crippen LogP contribution in [-0.2, 0) is 4.74 Å². The van der Waals surface area contributed by atoms with Crippen LogP contribution in [0, 0.1) is 5.92 Å². The van der Waals surface area contributed by atoms with Crippen molar-refractivity contribution in [3.05, 3.63) is 0 Å². The molecule has 2 N–H and O–H groups in total. The second-order valence-electron chi connectivity index (χ2n) is 4.56. The first-order valence-corrected chi connectivity index (χ1v) is 5.74. The van der Waals surface area contributed by atoms with E-state index in [4.69, 9.17) is 4.74 Å². The van der Waals surface area contributed by atoms with Crippen molar-refractivity contribution in [2.45, 2.75) is 39.3 Å². The molecule has 0 amide bonds. The Bertz CT molecular complexity index is 150. The van der Waals surface area contributed by atoms with Gasteiger partial charge in [-0.3, -0.25) is 0 Å². The topological polar surface area (TPSA) is 33.3 Å². The van der Waals surface area contributed by atoms with Gasteiger partial charge in [0.1, 0.15) is 0 Å². The Labute approximate surface area is 87.6 Å². The molecule has 0 aliphatic carbocycles. The number of ether oxygens (including phenoxy) is 1. The van der Waals surface area contributed by atoms with Crippen molar-refractivity contribution in [2.75, 3.05) is 26.2 Å². The lowest BCUT2D eigenvalue weighted by atomic mass is 10.1. The van der Waals surface area contributed by atoms with Crippen molar-refractivity contribution in [3.63, 3.8) is 0 Å². The summed E-state index contributed by atoms with van der Waals surface area (Å²) in [5.41, 5.74) is 0. The van der Waals surface area contributed by atoms with Crippen LogP contribution in [0.1, 0.15) is 27.2 Å². The van der Waals surface area contributed by atoms with Crippen molar-refractivity contribution in [1.82, 2.24) is 10.6 Å². The van der Waals surface area contributed by atoms with Gasteiger partial charge in [0.05, 0.1) is 12.7 Å². The van der Waals surface area contributed by atoms with E-state index in [0.29, 0.717) is 12.1 Å². The molecule has 3 nitrogen and oxygen atoms in total. The third-order valence-corrected chi connectivity index (χ3v) is 2.57. The van der Waals surface area contributed by atoms with Crippen molar-refractivity contribution in [1.29, 1.82) is 0 Å². The van der Waals surface area contributed by atoms with Crippen LogP contribution in [0.15, 0.2) is 0 Å². The molecule has 1 fully saturated rings. The lowest BCUT2D eigenvalue weighted by Gasteiger charge is -2.11. The summed E-state index contributed by atoms with van der Waals surface area (Å²) in [6.45, 7) is 10.7. The van der Waals surface area contributed by atoms with E-state index >= 15 is 0 Å². The lowest BCUT2D eigenvalue weighted by molar-refractivity contribution is 0.120. The van der Waals surface area contributed by atoms with Gasteiger partial charge in [0, 0.05) is 25.7 Å². The molecule has 1 saturated heterocycles. The van der Waals surface area contributed by atoms with Crippen LogP contribution in [0.25, 0.3) is 0 Å². The van der Waals surface area contributed by atoms with E-state index < -0.39 is 0 Å². The first-order valence-electron chi connectivity index (χ1n) is 5.74. The fraction of sp³-hybridized carbons (Fsp3) is 1.00. The van der Waals surface area contributed by atoms with E-state index in [1.54, 1.807) is 0 Å². The third kappa shape index (κ3) is 4.94. The van der Waals surface area contributed by atoms with Crippen LogP contribution in [0.5, 0.6) is 0 Å². The average molecular weight is 200 g/mol. The average Bonchev–Trinajstić information content (AvgIpc) is 2.50. The molecule has 3 heteroatoms. The van der Waals surface area contributed by atoms with Gasteiger partial charge in [0.15, 0.2) is 0 Å². The smallest absolute Gasteiger partial charge is 0.0551 e. The second-order valence-corrected chi connectivity index (χ2v) is 4.56. The molecule has 14 heavy (non-hydrogen) atoms. The zero-order chi connectivity index (χ0) is 10.4. The summed E-state index contributed by atoms with van der Waals surface area (Å²) < 4.78 is 5.51. The number of hydrogen-bond donors (Lipinski definition) is 2. The van der Waals surface area contributed by atoms with Gasteiger partial charge >= 0.3 is 0 Å². The molecule has 1 heterocycles. The molecule has 2 unspecified atom stereocenters. The van der Waals surface area contributed by atoms with Crippen molar-refractivity contribution in [3.8, 4) is 0 Å². The van der Waals surface area contributed by atoms with Gasteiger partial charge in [0.2, 0.25) is 0 Å². The van der Waals surface area contributed by atoms with E-state index in [0.717, 1.165) is 32.2 Å². The van der Waals surface area contributed by atoms with Gasteiger partial charge in [-0.05, 0) is 19.3 Å². The Morgan fingerprint density at radius 1 is 1.36 bits per heavy atom. The molecule has 0 aromatic carbocycles. The molecule has 0 aromatic heterocycles. The second kappa shape index (κ2) is 6.38. The van der Waals surface area contributed by atoms with Crippen LogP contribution < -0.4 is 10.6 Å². The molecule has 0 aromatic rings. The molecule has 0 bridgehead atoms. The molecule has 2 atom stereocenters. The third-order valence-electron chi connectivity index (χ3n) is 2.57. The van der Waals surface area contributed by atoms with Gasteiger partial charge in [0.25, 0.3) is 0 Å². The van der Waals surface area contributed by atoms with Crippen LogP contribution in [0.4, 0.5) is 0 Å². The van der Waals surface area contributed by atoms with Gasteiger partial charge in [-0.25, -0.2) is 0 Å². The van der Waals surface area contributed by atoms with E-state index in [1.165, 1.54) is 6.42 Å². The predicted molar refractivity (Wildman–Crippen MR) is 59.5 cm³/mol. The van der Waals surface area contributed by atoms with Crippen molar-refractivity contribution in [2.24, 2.45) is 5.92 Å². The summed E-state index contributed by atoms with van der Waals surface area (Å²) >= 11 is 0. The molecule has 1 aliphatic heterocycles. The zero-order valence-electron chi connectivity index (χ0n) is 9.68. The van der Waals surface area contributed by atoms with E-state index in [-0.39, 0.29) is 0 Å². The molecule has 1 rings (SSSR count). The van der Waals surface area contributed by atoms with E-state index in [2.05, 4.69) is 31.4 Å². The Morgan fingerprint density at radius 2 is 2.14 bits per heavy atom. The van der Waals surface area contributed by atoms with E-state index in [9.17, 15) is 0 Å². The Kier molecular flexibility index (Phi) is 5.45. The molecule has 84 valence electrons. The highest BCUT2D eigenvalue weighted by atomic mass is 16.5. The minimum atomic E-state index is 0.468. The zero-order valence-corrected chi connectivity index (χ0v) is 9.68. The van der Waals surface area contributed by atoms with Gasteiger partial charge in [-0.1, -0.05) is 13.8 Å². The molecule has 0 radical (unpaired) electrons. The number of nitrogens with one attached hydrogen (secondary N) is 2. The molecule has 0 spiro atoms. The minimum Gasteiger partial charge on any atom is -0.378 e. The summed E-state index contributed by atoms with van der Waals surface area (Å²) in [4.78, 5) is 0. The Balaban J connectivity index is 1.89. The van der Waals surface area contributed by atoms with Crippen LogP contribution in [0.3, 0.4) is 0 Å². The SMILES string of the molecule is CC(C)NCCNCC1COC(C)C1. The number of hydrogen-bond acceptors (Lipinski definition) is 3. The monoisotopic (exact) mass is 200 g/mol. The summed E-state index contributed by atoms with van der Waals surface area (Å²) in [5.74, 6) is 0.726. The highest BCUT2D eigenvalue weighted by molar-refractivity contribution is 4.72. The Hall–Kier alpha value is -0.120. The number of rotatable bonds is 6. The molecular weight excluding hydrogens is 176 g/mol. The van der Waals surface area contributed by atoms with Crippen molar-refractivity contribution < 1.29 is 4.74 Å². The van der Waals surface area contributed by atoms with Gasteiger partial charge in [-0.2, -0.15) is 0 Å². The summed E-state index contributed by atoms with van der Waals surface area (Å²) in [5, 5.41) is 6.85. The molecule has 0 saturated carbocycles. The first kappa shape index (κ1) is 12.0. The molecule has 1 aliphatic rings. The minimum absolute atomic E-state index is 0.468. The summed E-state index contributed by atoms with van der Waals surface area (Å²) in [6, 6.07) is 0.589. The maximum Gasteiger partial charge on any atom is 0.0551 e. The highest BCUT2D eigenvalue weighted by Crippen LogP contribution is 2.17. The van der Waals surface area contributed by atoms with Gasteiger partial charge < -0.3 is 15.4 Å². The fourth-order valence-corrected chi connectivity index (χ4v) is 1.80. The van der Waals surface area contributed by atoms with Crippen molar-refractivity contribution >= 4 is 0 Å². The van der Waals surface area contributed by atoms with E-state index in [1.807, 2.05) is 0 Å². The summed E-state index contributed by atoms with van der Waals surface area (Å²) in [6.07, 6.45) is 1.68. The molecular formula is C11H24N2O. The maximum absolute atomic E-state index is 5.51. The highest BCUT2D eigenvalue weighted by Gasteiger charge is 2.20. The lowest BCUT2D eigenvalue weighted by Crippen LogP contribution is -2.33. The van der Waals surface area contributed by atoms with Crippen LogP contribution >= 0.6 is 0 Å². The predicted octanol–water partition coefficient (Wildman–Crippen LogP) is 0.999. The van der Waals surface area contributed by atoms with Crippen LogP contribution in [0.2, 0.25) is 0 Å². The maximum atomic E-state index is 5.51. The quantitative estimate of drug-likeness (QED) is 0.628. The van der Waals surface area contributed by atoms with Crippen LogP contribution in [-0.4, -0.2) is 38.4 Å². The largest absolute Gasteiger partial charge is 0.378 e. The fourth-order valence-electron chi connectivity index (χ4n) is 1.80. The normalized spacial score (nSPS) is 27.4. The Morgan fingerprint density at radius 3 is 2.71 bits per heavy atom.